The first-order chi connectivity index (χ1) is 8.21. The summed E-state index contributed by atoms with van der Waals surface area (Å²) < 4.78 is 0. The van der Waals surface area contributed by atoms with Gasteiger partial charge >= 0.3 is 5.97 Å². The fourth-order valence-electron chi connectivity index (χ4n) is 2.02. The molecule has 2 N–H and O–H groups in total. The second kappa shape index (κ2) is 5.50. The molecule has 102 valence electrons. The summed E-state index contributed by atoms with van der Waals surface area (Å²) in [6.07, 6.45) is 1.51. The lowest BCUT2D eigenvalue weighted by Crippen LogP contribution is -2.38. The Balaban J connectivity index is 2.39. The van der Waals surface area contributed by atoms with Crippen LogP contribution in [-0.4, -0.2) is 29.3 Å². The van der Waals surface area contributed by atoms with Crippen molar-refractivity contribution in [2.24, 2.45) is 17.3 Å². The standard InChI is InChI=1S/C13H21NO4/c1-13(2,3)10(15)7-14-11(16)8-4-5-9(6-8)12(17)18/h8-9H,4-7H2,1-3H3,(H,14,16)(H,17,18)/t8-,9+/m1/s1. The van der Waals surface area contributed by atoms with Crippen LogP contribution in [0.5, 0.6) is 0 Å². The number of carbonyl (C=O) groups excluding carboxylic acids is 2. The summed E-state index contributed by atoms with van der Waals surface area (Å²) in [5.41, 5.74) is -0.466. The van der Waals surface area contributed by atoms with E-state index in [1.807, 2.05) is 0 Å². The van der Waals surface area contributed by atoms with E-state index in [1.165, 1.54) is 0 Å². The molecule has 5 nitrogen and oxygen atoms in total. The highest BCUT2D eigenvalue weighted by Crippen LogP contribution is 2.31. The third-order valence-electron chi connectivity index (χ3n) is 3.41. The van der Waals surface area contributed by atoms with Gasteiger partial charge in [0.05, 0.1) is 12.5 Å². The Kier molecular flexibility index (Phi) is 4.48. The Morgan fingerprint density at radius 3 is 2.17 bits per heavy atom. The molecule has 0 saturated heterocycles. The summed E-state index contributed by atoms with van der Waals surface area (Å²) in [5, 5.41) is 11.5. The van der Waals surface area contributed by atoms with Crippen LogP contribution in [0.2, 0.25) is 0 Å². The van der Waals surface area contributed by atoms with Gasteiger partial charge in [0.15, 0.2) is 5.78 Å². The van der Waals surface area contributed by atoms with Crippen molar-refractivity contribution in [3.05, 3.63) is 0 Å². The summed E-state index contributed by atoms with van der Waals surface area (Å²) in [6.45, 7) is 5.43. The van der Waals surface area contributed by atoms with Crippen LogP contribution < -0.4 is 5.32 Å². The zero-order valence-corrected chi connectivity index (χ0v) is 11.2. The van der Waals surface area contributed by atoms with E-state index < -0.39 is 17.3 Å². The van der Waals surface area contributed by atoms with Gasteiger partial charge in [-0.3, -0.25) is 14.4 Å². The monoisotopic (exact) mass is 255 g/mol. The topological polar surface area (TPSA) is 83.5 Å². The molecule has 1 aliphatic rings. The quantitative estimate of drug-likeness (QED) is 0.791. The number of carboxylic acid groups (broad SMARTS) is 1. The maximum absolute atomic E-state index is 11.8. The van der Waals surface area contributed by atoms with E-state index in [-0.39, 0.29) is 24.2 Å². The maximum Gasteiger partial charge on any atom is 0.306 e. The molecule has 0 radical (unpaired) electrons. The molecule has 5 heteroatoms. The zero-order chi connectivity index (χ0) is 13.9. The molecule has 1 amide bonds. The Hall–Kier alpha value is -1.39. The molecule has 0 unspecified atom stereocenters. The lowest BCUT2D eigenvalue weighted by molar-refractivity contribution is -0.141. The fourth-order valence-corrected chi connectivity index (χ4v) is 2.02. The van der Waals surface area contributed by atoms with E-state index in [2.05, 4.69) is 5.32 Å². The van der Waals surface area contributed by atoms with Gasteiger partial charge in [0.2, 0.25) is 5.91 Å². The summed E-state index contributed by atoms with van der Waals surface area (Å²) in [4.78, 5) is 34.2. The highest BCUT2D eigenvalue weighted by Gasteiger charge is 2.34. The summed E-state index contributed by atoms with van der Waals surface area (Å²) in [5.74, 6) is -1.74. The highest BCUT2D eigenvalue weighted by atomic mass is 16.4. The number of amides is 1. The van der Waals surface area contributed by atoms with Crippen molar-refractivity contribution in [3.63, 3.8) is 0 Å². The number of ketones is 1. The Morgan fingerprint density at radius 2 is 1.72 bits per heavy atom. The van der Waals surface area contributed by atoms with Gasteiger partial charge in [0, 0.05) is 11.3 Å². The molecule has 0 aromatic rings. The van der Waals surface area contributed by atoms with Gasteiger partial charge in [-0.1, -0.05) is 20.8 Å². The largest absolute Gasteiger partial charge is 0.481 e. The first-order valence-corrected chi connectivity index (χ1v) is 6.25. The molecule has 0 aromatic carbocycles. The van der Waals surface area contributed by atoms with E-state index in [0.717, 1.165) is 0 Å². The number of hydrogen-bond donors (Lipinski definition) is 2. The molecule has 18 heavy (non-hydrogen) atoms. The van der Waals surface area contributed by atoms with Gasteiger partial charge in [-0.2, -0.15) is 0 Å². The van der Waals surface area contributed by atoms with Gasteiger partial charge in [0.1, 0.15) is 0 Å². The molecule has 0 aromatic heterocycles. The molecule has 0 bridgehead atoms. The normalized spacial score (nSPS) is 23.7. The molecule has 1 fully saturated rings. The first-order valence-electron chi connectivity index (χ1n) is 6.25. The highest BCUT2D eigenvalue weighted by molar-refractivity contribution is 5.90. The number of carboxylic acids is 1. The van der Waals surface area contributed by atoms with Gasteiger partial charge in [0.25, 0.3) is 0 Å². The van der Waals surface area contributed by atoms with E-state index in [1.54, 1.807) is 20.8 Å². The van der Waals surface area contributed by atoms with Crippen LogP contribution in [0.4, 0.5) is 0 Å². The fraction of sp³-hybridized carbons (Fsp3) is 0.769. The van der Waals surface area contributed by atoms with Crippen molar-refractivity contribution in [1.82, 2.24) is 5.32 Å². The van der Waals surface area contributed by atoms with Crippen molar-refractivity contribution in [2.45, 2.75) is 40.0 Å². The van der Waals surface area contributed by atoms with Crippen molar-refractivity contribution < 1.29 is 19.5 Å². The molecule has 1 saturated carbocycles. The second-order valence-corrected chi connectivity index (χ2v) is 5.94. The molecule has 0 aliphatic heterocycles. The van der Waals surface area contributed by atoms with Crippen LogP contribution in [0.3, 0.4) is 0 Å². The number of rotatable bonds is 4. The van der Waals surface area contributed by atoms with E-state index >= 15 is 0 Å². The maximum atomic E-state index is 11.8. The van der Waals surface area contributed by atoms with Crippen molar-refractivity contribution in [3.8, 4) is 0 Å². The number of Topliss-reactive ketones (excluding diaryl/α,β-unsaturated/α-hetero) is 1. The molecule has 1 rings (SSSR count). The van der Waals surface area contributed by atoms with Crippen LogP contribution in [0.25, 0.3) is 0 Å². The lowest BCUT2D eigenvalue weighted by Gasteiger charge is -2.17. The van der Waals surface area contributed by atoms with Crippen LogP contribution in [-0.2, 0) is 14.4 Å². The van der Waals surface area contributed by atoms with Crippen molar-refractivity contribution in [2.75, 3.05) is 6.54 Å². The Morgan fingerprint density at radius 1 is 1.17 bits per heavy atom. The van der Waals surface area contributed by atoms with Crippen LogP contribution in [0, 0.1) is 17.3 Å². The van der Waals surface area contributed by atoms with Gasteiger partial charge in [-0.25, -0.2) is 0 Å². The van der Waals surface area contributed by atoms with Crippen molar-refractivity contribution >= 4 is 17.7 Å². The Labute approximate surface area is 107 Å². The van der Waals surface area contributed by atoms with Gasteiger partial charge in [-0.05, 0) is 19.3 Å². The predicted molar refractivity (Wildman–Crippen MR) is 65.9 cm³/mol. The van der Waals surface area contributed by atoms with Gasteiger partial charge < -0.3 is 10.4 Å². The molecular weight excluding hydrogens is 234 g/mol. The zero-order valence-electron chi connectivity index (χ0n) is 11.2. The third-order valence-corrected chi connectivity index (χ3v) is 3.41. The number of aliphatic carboxylic acids is 1. The lowest BCUT2D eigenvalue weighted by atomic mass is 9.91. The van der Waals surface area contributed by atoms with Crippen LogP contribution in [0.15, 0.2) is 0 Å². The number of nitrogens with one attached hydrogen (secondary N) is 1. The minimum Gasteiger partial charge on any atom is -0.481 e. The summed E-state index contributed by atoms with van der Waals surface area (Å²) in [6, 6.07) is 0. The van der Waals surface area contributed by atoms with Gasteiger partial charge in [-0.15, -0.1) is 0 Å². The summed E-state index contributed by atoms with van der Waals surface area (Å²) in [7, 11) is 0. The smallest absolute Gasteiger partial charge is 0.306 e. The van der Waals surface area contributed by atoms with Crippen LogP contribution >= 0.6 is 0 Å². The van der Waals surface area contributed by atoms with Crippen molar-refractivity contribution in [1.29, 1.82) is 0 Å². The predicted octanol–water partition coefficient (Wildman–Crippen LogP) is 1.22. The van der Waals surface area contributed by atoms with E-state index in [9.17, 15) is 14.4 Å². The molecule has 0 spiro atoms. The van der Waals surface area contributed by atoms with Crippen LogP contribution in [0.1, 0.15) is 40.0 Å². The first kappa shape index (κ1) is 14.7. The third kappa shape index (κ3) is 3.82. The molecule has 2 atom stereocenters. The molecule has 0 heterocycles. The summed E-state index contributed by atoms with van der Waals surface area (Å²) >= 11 is 0. The van der Waals surface area contributed by atoms with E-state index in [4.69, 9.17) is 5.11 Å². The average Bonchev–Trinajstić information content (AvgIpc) is 2.73. The second-order valence-electron chi connectivity index (χ2n) is 5.94. The number of carbonyl (C=O) groups is 3. The minimum atomic E-state index is -0.837. The SMILES string of the molecule is CC(C)(C)C(=O)CNC(=O)[C@@H]1CC[C@H](C(=O)O)C1. The minimum absolute atomic E-state index is 0.0244. The average molecular weight is 255 g/mol. The molecule has 1 aliphatic carbocycles. The van der Waals surface area contributed by atoms with E-state index in [0.29, 0.717) is 19.3 Å². The number of hydrogen-bond acceptors (Lipinski definition) is 3. The Bertz CT molecular complexity index is 356. The molecular formula is C13H21NO4.